The van der Waals surface area contributed by atoms with Crippen molar-refractivity contribution in [2.75, 3.05) is 12.8 Å². The van der Waals surface area contributed by atoms with E-state index < -0.39 is 0 Å². The number of H-pyrrole nitrogens is 1. The molecule has 0 saturated carbocycles. The third-order valence-corrected chi connectivity index (χ3v) is 2.77. The molecule has 19 heavy (non-hydrogen) atoms. The lowest BCUT2D eigenvalue weighted by atomic mass is 10.3. The van der Waals surface area contributed by atoms with E-state index in [9.17, 15) is 4.79 Å². The van der Waals surface area contributed by atoms with Crippen LogP contribution in [0.25, 0.3) is 16.9 Å². The van der Waals surface area contributed by atoms with Gasteiger partial charge in [-0.15, -0.1) is 0 Å². The number of methoxy groups -OCH3 is 1. The Balaban J connectivity index is 2.40. The molecule has 1 radical (unpaired) electrons. The Morgan fingerprint density at radius 2 is 2.32 bits per heavy atom. The highest BCUT2D eigenvalue weighted by Gasteiger charge is 2.15. The van der Waals surface area contributed by atoms with Crippen LogP contribution in [0.4, 0.5) is 5.82 Å². The number of hydrogen-bond acceptors (Lipinski definition) is 5. The van der Waals surface area contributed by atoms with Crippen molar-refractivity contribution in [3.05, 3.63) is 41.1 Å². The Morgan fingerprint density at radius 1 is 1.47 bits per heavy atom. The summed E-state index contributed by atoms with van der Waals surface area (Å²) in [5.41, 5.74) is 6.74. The number of aromatic nitrogens is 4. The van der Waals surface area contributed by atoms with Crippen molar-refractivity contribution in [3.63, 3.8) is 0 Å². The van der Waals surface area contributed by atoms with E-state index in [0.717, 1.165) is 0 Å². The van der Waals surface area contributed by atoms with Crippen LogP contribution >= 0.6 is 0 Å². The molecular weight excluding hydrogens is 246 g/mol. The summed E-state index contributed by atoms with van der Waals surface area (Å²) in [6.45, 7) is 0. The van der Waals surface area contributed by atoms with Crippen molar-refractivity contribution in [1.29, 1.82) is 0 Å². The maximum absolute atomic E-state index is 12.1. The van der Waals surface area contributed by atoms with E-state index in [1.807, 2.05) is 0 Å². The quantitative estimate of drug-likeness (QED) is 0.695. The molecule has 0 amide bonds. The number of anilines is 1. The first kappa shape index (κ1) is 11.3. The maximum atomic E-state index is 12.1. The average Bonchev–Trinajstić information content (AvgIpc) is 2.76. The number of imidazole rings is 1. The van der Waals surface area contributed by atoms with Crippen molar-refractivity contribution in [2.45, 2.75) is 0 Å². The smallest absolute Gasteiger partial charge is 0.332 e. The van der Waals surface area contributed by atoms with E-state index in [1.54, 1.807) is 18.2 Å². The van der Waals surface area contributed by atoms with Crippen LogP contribution in [-0.4, -0.2) is 26.6 Å². The van der Waals surface area contributed by atoms with Gasteiger partial charge in [0.15, 0.2) is 11.5 Å². The number of rotatable bonds is 2. The third-order valence-electron chi connectivity index (χ3n) is 2.77. The Kier molecular flexibility index (Phi) is 2.45. The fraction of sp³-hybridized carbons (Fsp3) is 0.0833. The standard InChI is InChI=1S/C12H10N5O2/c1-19-8-5-3-2-4-7(8)17-11-9(16-12(17)18)10(13)14-6-15-11/h2,4-6H,1H3,(H,16,18)(H2,13,14,15). The Morgan fingerprint density at radius 3 is 3.11 bits per heavy atom. The summed E-state index contributed by atoms with van der Waals surface area (Å²) in [5.74, 6) is 0.741. The van der Waals surface area contributed by atoms with E-state index in [4.69, 9.17) is 10.5 Å². The molecule has 0 atom stereocenters. The minimum Gasteiger partial charge on any atom is -0.495 e. The molecule has 0 saturated heterocycles. The van der Waals surface area contributed by atoms with Gasteiger partial charge in [0.1, 0.15) is 17.6 Å². The molecule has 2 aromatic heterocycles. The van der Waals surface area contributed by atoms with E-state index >= 15 is 0 Å². The van der Waals surface area contributed by atoms with E-state index in [-0.39, 0.29) is 11.5 Å². The summed E-state index contributed by atoms with van der Waals surface area (Å²) < 4.78 is 6.61. The molecule has 3 aromatic rings. The van der Waals surface area contributed by atoms with Crippen molar-refractivity contribution in [1.82, 2.24) is 19.5 Å². The summed E-state index contributed by atoms with van der Waals surface area (Å²) in [5, 5.41) is 0. The monoisotopic (exact) mass is 256 g/mol. The molecule has 95 valence electrons. The lowest BCUT2D eigenvalue weighted by molar-refractivity contribution is 0.412. The number of nitrogen functional groups attached to an aromatic ring is 1. The average molecular weight is 256 g/mol. The fourth-order valence-electron chi connectivity index (χ4n) is 1.92. The lowest BCUT2D eigenvalue weighted by Gasteiger charge is -2.08. The minimum atomic E-state index is -0.355. The summed E-state index contributed by atoms with van der Waals surface area (Å²) >= 11 is 0. The number of hydrogen-bond donors (Lipinski definition) is 2. The number of fused-ring (bicyclic) bond motifs is 1. The lowest BCUT2D eigenvalue weighted by Crippen LogP contribution is -2.15. The molecule has 2 heterocycles. The van der Waals surface area contributed by atoms with Crippen molar-refractivity contribution < 1.29 is 4.74 Å². The molecular formula is C12H10N5O2. The van der Waals surface area contributed by atoms with Gasteiger partial charge in [0, 0.05) is 0 Å². The molecule has 1 aromatic carbocycles. The molecule has 0 bridgehead atoms. The summed E-state index contributed by atoms with van der Waals surface area (Å²) in [7, 11) is 1.52. The van der Waals surface area contributed by atoms with Crippen LogP contribution in [-0.2, 0) is 0 Å². The topological polar surface area (TPSA) is 98.8 Å². The maximum Gasteiger partial charge on any atom is 0.332 e. The zero-order valence-electron chi connectivity index (χ0n) is 10.0. The van der Waals surface area contributed by atoms with Crippen molar-refractivity contribution in [2.24, 2.45) is 0 Å². The minimum absolute atomic E-state index is 0.224. The second-order valence-electron chi connectivity index (χ2n) is 3.82. The fourth-order valence-corrected chi connectivity index (χ4v) is 1.92. The van der Waals surface area contributed by atoms with Gasteiger partial charge in [-0.3, -0.25) is 0 Å². The van der Waals surface area contributed by atoms with Crippen LogP contribution in [0.5, 0.6) is 5.75 Å². The number of nitrogens with two attached hydrogens (primary N) is 1. The van der Waals surface area contributed by atoms with Gasteiger partial charge in [-0.05, 0) is 18.2 Å². The van der Waals surface area contributed by atoms with Gasteiger partial charge in [-0.1, -0.05) is 6.07 Å². The van der Waals surface area contributed by atoms with Gasteiger partial charge in [0.2, 0.25) is 0 Å². The molecule has 0 spiro atoms. The van der Waals surface area contributed by atoms with Crippen LogP contribution in [0.2, 0.25) is 0 Å². The third kappa shape index (κ3) is 1.63. The van der Waals surface area contributed by atoms with E-state index in [1.165, 1.54) is 18.0 Å². The first-order valence-electron chi connectivity index (χ1n) is 5.48. The van der Waals surface area contributed by atoms with Crippen LogP contribution in [0.1, 0.15) is 0 Å². The van der Waals surface area contributed by atoms with Gasteiger partial charge >= 0.3 is 5.69 Å². The summed E-state index contributed by atoms with van der Waals surface area (Å²) in [4.78, 5) is 22.6. The van der Waals surface area contributed by atoms with Crippen molar-refractivity contribution in [3.8, 4) is 11.4 Å². The van der Waals surface area contributed by atoms with Gasteiger partial charge < -0.3 is 15.5 Å². The van der Waals surface area contributed by atoms with E-state index in [2.05, 4.69) is 21.0 Å². The number of aromatic amines is 1. The molecule has 0 unspecified atom stereocenters. The van der Waals surface area contributed by atoms with Crippen molar-refractivity contribution >= 4 is 17.0 Å². The Hall–Kier alpha value is -2.83. The van der Waals surface area contributed by atoms with Crippen LogP contribution in [0, 0.1) is 6.07 Å². The van der Waals surface area contributed by atoms with Crippen LogP contribution in [0.3, 0.4) is 0 Å². The predicted molar refractivity (Wildman–Crippen MR) is 69.3 cm³/mol. The molecule has 0 aliphatic carbocycles. The normalized spacial score (nSPS) is 10.8. The number of benzene rings is 1. The highest BCUT2D eigenvalue weighted by molar-refractivity contribution is 5.82. The first-order chi connectivity index (χ1) is 9.22. The zero-order valence-corrected chi connectivity index (χ0v) is 10.0. The van der Waals surface area contributed by atoms with Crippen LogP contribution < -0.4 is 16.2 Å². The highest BCUT2D eigenvalue weighted by Crippen LogP contribution is 2.23. The van der Waals surface area contributed by atoms with Gasteiger partial charge in [0.25, 0.3) is 0 Å². The van der Waals surface area contributed by atoms with Gasteiger partial charge in [-0.25, -0.2) is 19.3 Å². The Bertz CT molecular complexity index is 805. The van der Waals surface area contributed by atoms with Crippen LogP contribution in [0.15, 0.2) is 29.3 Å². The van der Waals surface area contributed by atoms with Gasteiger partial charge in [-0.2, -0.15) is 0 Å². The molecule has 0 fully saturated rings. The molecule has 7 heteroatoms. The molecule has 0 aliphatic heterocycles. The molecule has 7 nitrogen and oxygen atoms in total. The second-order valence-corrected chi connectivity index (χ2v) is 3.82. The van der Waals surface area contributed by atoms with E-state index in [0.29, 0.717) is 22.6 Å². The Labute approximate surface area is 107 Å². The SMILES string of the molecule is COc1c[c]ccc1-n1c(=O)[nH]c2c(N)ncnc21. The first-order valence-corrected chi connectivity index (χ1v) is 5.48. The molecule has 3 rings (SSSR count). The molecule has 0 aliphatic rings. The number of nitrogens with zero attached hydrogens (tertiary/aromatic N) is 3. The second kappa shape index (κ2) is 4.13. The largest absolute Gasteiger partial charge is 0.495 e. The predicted octanol–water partition coefficient (Wildman–Crippen LogP) is 0.500. The highest BCUT2D eigenvalue weighted by atomic mass is 16.5. The number of nitrogens with one attached hydrogen (secondary N) is 1. The summed E-state index contributed by atoms with van der Waals surface area (Å²) in [6.07, 6.45) is 1.31. The number of ether oxygens (including phenoxy) is 1. The zero-order chi connectivity index (χ0) is 13.4. The molecule has 3 N–H and O–H groups in total. The van der Waals surface area contributed by atoms with Gasteiger partial charge in [0.05, 0.1) is 12.8 Å². The summed E-state index contributed by atoms with van der Waals surface area (Å²) in [6, 6.07) is 7.93.